The number of aryl methyl sites for hydroxylation is 2. The minimum atomic E-state index is -0.224. The van der Waals surface area contributed by atoms with Gasteiger partial charge in [-0.25, -0.2) is 0 Å². The molecule has 105 valence electrons. The van der Waals surface area contributed by atoms with Crippen LogP contribution in [0.5, 0.6) is 0 Å². The number of nitro benzene ring substituents is 1. The standard InChI is InChI=1S/C16H16NO2Se.Hg/c1-10-7-5-6-8-14(10)20-15-9-11(2)12(3)13(4)16(15)17(18)19;/h6-9H,1-4H3;. The Bertz CT molecular complexity index is 729. The van der Waals surface area contributed by atoms with Crippen LogP contribution in [0.15, 0.2) is 24.3 Å². The Balaban J connectivity index is 2.56. The predicted molar refractivity (Wildman–Crippen MR) is 83.1 cm³/mol. The third kappa shape index (κ3) is 3.55. The van der Waals surface area contributed by atoms with Crippen LogP contribution in [0.1, 0.15) is 22.3 Å². The first-order valence-electron chi connectivity index (χ1n) is 6.67. The molecule has 0 aliphatic heterocycles. The first-order chi connectivity index (χ1) is 9.81. The zero-order chi connectivity index (χ0) is 15.7. The molecule has 0 saturated heterocycles. The van der Waals surface area contributed by atoms with Crippen molar-refractivity contribution in [2.75, 3.05) is 0 Å². The van der Waals surface area contributed by atoms with Crippen molar-refractivity contribution in [1.82, 2.24) is 0 Å². The van der Waals surface area contributed by atoms with E-state index in [0.29, 0.717) is 31.8 Å². The molecule has 2 aromatic carbocycles. The molecule has 5 heteroatoms. The molecule has 0 spiro atoms. The van der Waals surface area contributed by atoms with E-state index in [2.05, 4.69) is 25.1 Å². The number of benzene rings is 2. The van der Waals surface area contributed by atoms with Crippen LogP contribution in [0.2, 0.25) is 0 Å². The Hall–Kier alpha value is -0.705. The molecule has 0 aliphatic rings. The Morgan fingerprint density at radius 2 is 1.67 bits per heavy atom. The molecule has 0 fully saturated rings. The van der Waals surface area contributed by atoms with Crippen molar-refractivity contribution in [1.29, 1.82) is 0 Å². The van der Waals surface area contributed by atoms with E-state index in [4.69, 9.17) is 0 Å². The van der Waals surface area contributed by atoms with Crippen LogP contribution in [-0.2, 0) is 26.1 Å². The van der Waals surface area contributed by atoms with Crippen molar-refractivity contribution in [3.8, 4) is 0 Å². The Morgan fingerprint density at radius 3 is 2.24 bits per heavy atom. The molecule has 0 N–H and O–H groups in total. The fourth-order valence-electron chi connectivity index (χ4n) is 2.28. The molecule has 2 aromatic rings. The first kappa shape index (κ1) is 16.7. The van der Waals surface area contributed by atoms with Crippen molar-refractivity contribution in [3.05, 3.63) is 56.6 Å². The average Bonchev–Trinajstić information content (AvgIpc) is 2.39. The summed E-state index contributed by atoms with van der Waals surface area (Å²) in [5.41, 5.74) is 4.52. The van der Waals surface area contributed by atoms with Crippen molar-refractivity contribution < 1.29 is 31.0 Å². The summed E-state index contributed by atoms with van der Waals surface area (Å²) in [5.74, 6) is 0. The molecule has 21 heavy (non-hydrogen) atoms. The van der Waals surface area contributed by atoms with Crippen molar-refractivity contribution >= 4 is 32.6 Å². The van der Waals surface area contributed by atoms with Crippen LogP contribution in [0.25, 0.3) is 0 Å². The molecule has 0 bridgehead atoms. The van der Waals surface area contributed by atoms with E-state index in [-0.39, 0.29) is 19.9 Å². The fraction of sp³-hybridized carbons (Fsp3) is 0.250. The Labute approximate surface area is 147 Å². The Kier molecular flexibility index (Phi) is 5.23. The van der Waals surface area contributed by atoms with Gasteiger partial charge in [0.05, 0.1) is 0 Å². The van der Waals surface area contributed by atoms with E-state index in [1.807, 2.05) is 26.8 Å². The molecule has 0 heterocycles. The second-order valence-corrected chi connectivity index (χ2v) is 10.7. The molecule has 0 aliphatic carbocycles. The summed E-state index contributed by atoms with van der Waals surface area (Å²) in [6.07, 6.45) is 0. The predicted octanol–water partition coefficient (Wildman–Crippen LogP) is 1.66. The van der Waals surface area contributed by atoms with E-state index < -0.39 is 0 Å². The van der Waals surface area contributed by atoms with Gasteiger partial charge in [-0.05, 0) is 0 Å². The molecular weight excluding hydrogens is 518 g/mol. The topological polar surface area (TPSA) is 43.1 Å². The third-order valence-corrected chi connectivity index (χ3v) is 7.98. The van der Waals surface area contributed by atoms with E-state index in [1.54, 1.807) is 0 Å². The molecule has 3 nitrogen and oxygen atoms in total. The second-order valence-electron chi connectivity index (χ2n) is 5.25. The normalized spacial score (nSPS) is 10.8. The summed E-state index contributed by atoms with van der Waals surface area (Å²) in [7, 11) is 0. The van der Waals surface area contributed by atoms with Gasteiger partial charge in [-0.3, -0.25) is 0 Å². The van der Waals surface area contributed by atoms with E-state index in [0.717, 1.165) is 21.2 Å². The summed E-state index contributed by atoms with van der Waals surface area (Å²) in [5, 5.41) is 11.5. The van der Waals surface area contributed by atoms with Crippen molar-refractivity contribution in [2.45, 2.75) is 27.7 Å². The zero-order valence-electron chi connectivity index (χ0n) is 12.7. The molecule has 0 aromatic heterocycles. The maximum atomic E-state index is 11.5. The van der Waals surface area contributed by atoms with E-state index in [1.165, 1.54) is 13.1 Å². The quantitative estimate of drug-likeness (QED) is 0.342. The number of nitrogens with zero attached hydrogens (tertiary/aromatic N) is 1. The summed E-state index contributed by atoms with van der Waals surface area (Å²) >= 11 is 0.591. The fourth-order valence-corrected chi connectivity index (χ4v) is 6.35. The van der Waals surface area contributed by atoms with E-state index >= 15 is 0 Å². The van der Waals surface area contributed by atoms with Gasteiger partial charge in [0.25, 0.3) is 0 Å². The summed E-state index contributed by atoms with van der Waals surface area (Å²) in [6, 6.07) is 8.52. The summed E-state index contributed by atoms with van der Waals surface area (Å²) in [4.78, 5) is 11.2. The van der Waals surface area contributed by atoms with Gasteiger partial charge in [0, 0.05) is 0 Å². The van der Waals surface area contributed by atoms with Gasteiger partial charge >= 0.3 is 148 Å². The summed E-state index contributed by atoms with van der Waals surface area (Å²) < 4.78 is 3.53. The molecule has 0 radical (unpaired) electrons. The van der Waals surface area contributed by atoms with Gasteiger partial charge in [-0.1, -0.05) is 0 Å². The number of hydrogen-bond acceptors (Lipinski definition) is 2. The van der Waals surface area contributed by atoms with Crippen LogP contribution in [0.3, 0.4) is 0 Å². The average molecular weight is 534 g/mol. The second kappa shape index (κ2) is 6.59. The number of nitro groups is 1. The van der Waals surface area contributed by atoms with Gasteiger partial charge in [-0.2, -0.15) is 0 Å². The molecule has 0 atom stereocenters. The van der Waals surface area contributed by atoms with Crippen molar-refractivity contribution in [3.63, 3.8) is 0 Å². The van der Waals surface area contributed by atoms with Crippen LogP contribution in [-0.4, -0.2) is 19.9 Å². The van der Waals surface area contributed by atoms with Gasteiger partial charge < -0.3 is 0 Å². The minimum absolute atomic E-state index is 0.0306. The van der Waals surface area contributed by atoms with Gasteiger partial charge in [-0.15, -0.1) is 0 Å². The number of hydrogen-bond donors (Lipinski definition) is 0. The van der Waals surface area contributed by atoms with Crippen LogP contribution >= 0.6 is 0 Å². The molecule has 2 rings (SSSR count). The van der Waals surface area contributed by atoms with Crippen LogP contribution in [0, 0.1) is 37.8 Å². The molecular formula is C16H16HgNO2Se. The van der Waals surface area contributed by atoms with Crippen LogP contribution in [0.4, 0.5) is 5.69 Å². The number of rotatable bonds is 3. The van der Waals surface area contributed by atoms with Gasteiger partial charge in [0.1, 0.15) is 0 Å². The summed E-state index contributed by atoms with van der Waals surface area (Å²) in [6.45, 7) is 7.95. The first-order valence-corrected chi connectivity index (χ1v) is 11.1. The monoisotopic (exact) mass is 536 g/mol. The Morgan fingerprint density at radius 1 is 1.00 bits per heavy atom. The molecule has 0 amide bonds. The molecule has 0 saturated carbocycles. The zero-order valence-corrected chi connectivity index (χ0v) is 19.9. The van der Waals surface area contributed by atoms with E-state index in [9.17, 15) is 10.1 Å². The SMILES string of the molecule is Cc1c[c]([Hg])ccc1[Se]c1cc(C)c(C)c(C)c1[N+](=O)[O-]. The van der Waals surface area contributed by atoms with Crippen LogP contribution < -0.4 is 12.0 Å². The third-order valence-electron chi connectivity index (χ3n) is 3.73. The maximum absolute atomic E-state index is 11.5. The van der Waals surface area contributed by atoms with Gasteiger partial charge in [0.2, 0.25) is 0 Å². The van der Waals surface area contributed by atoms with Crippen molar-refractivity contribution in [2.24, 2.45) is 0 Å². The molecule has 0 unspecified atom stereocenters. The van der Waals surface area contributed by atoms with Gasteiger partial charge in [0.15, 0.2) is 0 Å².